The van der Waals surface area contributed by atoms with Gasteiger partial charge >= 0.3 is 0 Å². The van der Waals surface area contributed by atoms with E-state index in [4.69, 9.17) is 4.74 Å². The molecule has 5 heteroatoms. The third-order valence-electron chi connectivity index (χ3n) is 3.31. The second-order valence-electron chi connectivity index (χ2n) is 5.61. The summed E-state index contributed by atoms with van der Waals surface area (Å²) in [6.45, 7) is 6.95. The largest absolute Gasteiger partial charge is 0.484 e. The van der Waals surface area contributed by atoms with Gasteiger partial charge in [0, 0.05) is 13.6 Å². The average molecular weight is 300 g/mol. The molecule has 0 unspecified atom stereocenters. The predicted octanol–water partition coefficient (Wildman–Crippen LogP) is 3.05. The molecule has 0 N–H and O–H groups in total. The summed E-state index contributed by atoms with van der Waals surface area (Å²) in [4.78, 5) is 13.6. The zero-order chi connectivity index (χ0) is 16.1. The molecule has 0 fully saturated rings. The number of nitrogens with zero attached hydrogens (tertiary/aromatic N) is 3. The van der Waals surface area contributed by atoms with Crippen LogP contribution in [0.25, 0.3) is 0 Å². The van der Waals surface area contributed by atoms with Gasteiger partial charge < -0.3 is 9.64 Å². The van der Waals surface area contributed by atoms with Crippen LogP contribution >= 0.6 is 0 Å². The van der Waals surface area contributed by atoms with Crippen LogP contribution in [-0.4, -0.2) is 22.3 Å². The standard InChI is InChI=1S/C17H22N3O2/c1-13(2)11-20-14(3)16(10-18-20)19(4)17(21)12-22-15-8-6-5-7-9-15/h5-10,13H,4,11-12H2,1-3H3. The van der Waals surface area contributed by atoms with Crippen molar-refractivity contribution in [3.63, 3.8) is 0 Å². The van der Waals surface area contributed by atoms with E-state index in [2.05, 4.69) is 26.0 Å². The highest BCUT2D eigenvalue weighted by molar-refractivity contribution is 5.95. The van der Waals surface area contributed by atoms with Gasteiger partial charge in [-0.25, -0.2) is 0 Å². The fraction of sp³-hybridized carbons (Fsp3) is 0.353. The van der Waals surface area contributed by atoms with Gasteiger partial charge in [0.1, 0.15) is 5.75 Å². The number of anilines is 1. The Balaban J connectivity index is 2.00. The first kappa shape index (κ1) is 16.1. The highest BCUT2D eigenvalue weighted by Crippen LogP contribution is 2.20. The summed E-state index contributed by atoms with van der Waals surface area (Å²) in [6.07, 6.45) is 1.67. The van der Waals surface area contributed by atoms with Crippen LogP contribution in [0.4, 0.5) is 5.69 Å². The van der Waals surface area contributed by atoms with Crippen molar-refractivity contribution < 1.29 is 9.53 Å². The second kappa shape index (κ2) is 7.11. The van der Waals surface area contributed by atoms with Crippen molar-refractivity contribution in [2.75, 3.05) is 11.5 Å². The molecule has 0 saturated carbocycles. The van der Waals surface area contributed by atoms with Gasteiger partial charge in [-0.2, -0.15) is 5.10 Å². The zero-order valence-electron chi connectivity index (χ0n) is 13.3. The minimum absolute atomic E-state index is 0.0533. The summed E-state index contributed by atoms with van der Waals surface area (Å²) in [6, 6.07) is 9.25. The molecule has 0 aliphatic carbocycles. The van der Waals surface area contributed by atoms with Crippen molar-refractivity contribution in [1.29, 1.82) is 0 Å². The van der Waals surface area contributed by atoms with Gasteiger partial charge in [0.15, 0.2) is 6.61 Å². The van der Waals surface area contributed by atoms with E-state index < -0.39 is 0 Å². The molecule has 0 saturated heterocycles. The van der Waals surface area contributed by atoms with Crippen LogP contribution in [0.2, 0.25) is 0 Å². The van der Waals surface area contributed by atoms with E-state index in [0.717, 1.165) is 12.2 Å². The van der Waals surface area contributed by atoms with E-state index in [0.29, 0.717) is 17.4 Å². The number of benzene rings is 1. The van der Waals surface area contributed by atoms with Crippen molar-refractivity contribution >= 4 is 11.6 Å². The van der Waals surface area contributed by atoms with Crippen LogP contribution in [0.5, 0.6) is 5.75 Å². The molecule has 117 valence electrons. The van der Waals surface area contributed by atoms with Crippen LogP contribution in [0.3, 0.4) is 0 Å². The van der Waals surface area contributed by atoms with Crippen molar-refractivity contribution in [2.24, 2.45) is 5.92 Å². The van der Waals surface area contributed by atoms with Gasteiger partial charge in [-0.05, 0) is 25.0 Å². The Morgan fingerprint density at radius 1 is 1.36 bits per heavy atom. The Labute approximate surface area is 131 Å². The smallest absolute Gasteiger partial charge is 0.265 e. The molecule has 1 amide bonds. The number of para-hydroxylation sites is 1. The number of hydrogen-bond donors (Lipinski definition) is 0. The Morgan fingerprint density at radius 2 is 2.05 bits per heavy atom. The first-order chi connectivity index (χ1) is 10.5. The molecular weight excluding hydrogens is 278 g/mol. The van der Waals surface area contributed by atoms with Crippen LogP contribution in [-0.2, 0) is 11.3 Å². The predicted molar refractivity (Wildman–Crippen MR) is 86.6 cm³/mol. The maximum absolute atomic E-state index is 12.2. The highest BCUT2D eigenvalue weighted by atomic mass is 16.5. The first-order valence-corrected chi connectivity index (χ1v) is 7.32. The normalized spacial score (nSPS) is 10.8. The quantitative estimate of drug-likeness (QED) is 0.824. The van der Waals surface area contributed by atoms with E-state index in [9.17, 15) is 4.79 Å². The number of hydrogen-bond acceptors (Lipinski definition) is 3. The van der Waals surface area contributed by atoms with Crippen LogP contribution in [0, 0.1) is 19.9 Å². The maximum Gasteiger partial charge on any atom is 0.265 e. The monoisotopic (exact) mass is 300 g/mol. The number of aromatic nitrogens is 2. The van der Waals surface area contributed by atoms with Gasteiger partial charge in [0.25, 0.3) is 5.91 Å². The maximum atomic E-state index is 12.2. The summed E-state index contributed by atoms with van der Waals surface area (Å²) in [7, 11) is 3.82. The molecular formula is C17H22N3O2. The van der Waals surface area contributed by atoms with E-state index >= 15 is 0 Å². The van der Waals surface area contributed by atoms with Crippen molar-refractivity contribution in [3.05, 3.63) is 49.3 Å². The van der Waals surface area contributed by atoms with Crippen molar-refractivity contribution in [2.45, 2.75) is 27.3 Å². The lowest BCUT2D eigenvalue weighted by Gasteiger charge is -2.17. The lowest BCUT2D eigenvalue weighted by atomic mass is 10.2. The minimum atomic E-state index is -0.212. The summed E-state index contributed by atoms with van der Waals surface area (Å²) in [5.41, 5.74) is 1.64. The fourth-order valence-electron chi connectivity index (χ4n) is 2.11. The van der Waals surface area contributed by atoms with Gasteiger partial charge in [-0.1, -0.05) is 32.0 Å². The topological polar surface area (TPSA) is 47.4 Å². The van der Waals surface area contributed by atoms with Crippen molar-refractivity contribution in [1.82, 2.24) is 9.78 Å². The molecule has 0 aliphatic rings. The van der Waals surface area contributed by atoms with Gasteiger partial charge in [0.05, 0.1) is 17.6 Å². The molecule has 1 aromatic heterocycles. The van der Waals surface area contributed by atoms with E-state index in [-0.39, 0.29) is 12.5 Å². The summed E-state index contributed by atoms with van der Waals surface area (Å²) < 4.78 is 7.36. The van der Waals surface area contributed by atoms with E-state index in [1.165, 1.54) is 4.90 Å². The molecule has 22 heavy (non-hydrogen) atoms. The van der Waals surface area contributed by atoms with Crippen LogP contribution < -0.4 is 9.64 Å². The summed E-state index contributed by atoms with van der Waals surface area (Å²) in [5.74, 6) is 0.939. The second-order valence-corrected chi connectivity index (χ2v) is 5.61. The Bertz CT molecular complexity index is 620. The lowest BCUT2D eigenvalue weighted by Crippen LogP contribution is -2.29. The molecule has 2 rings (SSSR count). The molecule has 5 nitrogen and oxygen atoms in total. The lowest BCUT2D eigenvalue weighted by molar-refractivity contribution is -0.120. The third-order valence-corrected chi connectivity index (χ3v) is 3.31. The van der Waals surface area contributed by atoms with Crippen LogP contribution in [0.1, 0.15) is 19.5 Å². The number of ether oxygens (including phenoxy) is 1. The van der Waals surface area contributed by atoms with Gasteiger partial charge in [-0.3, -0.25) is 9.48 Å². The number of amides is 1. The minimum Gasteiger partial charge on any atom is -0.484 e. The fourth-order valence-corrected chi connectivity index (χ4v) is 2.11. The Morgan fingerprint density at radius 3 is 2.68 bits per heavy atom. The number of carbonyl (C=O) groups excluding carboxylic acids is 1. The number of carbonyl (C=O) groups is 1. The summed E-state index contributed by atoms with van der Waals surface area (Å²) in [5, 5.41) is 4.32. The molecule has 0 bridgehead atoms. The Kier molecular flexibility index (Phi) is 5.20. The molecule has 0 atom stereocenters. The molecule has 1 radical (unpaired) electrons. The molecule has 1 aromatic carbocycles. The Hall–Kier alpha value is -2.30. The number of rotatable bonds is 6. The molecule has 2 aromatic rings. The SMILES string of the molecule is [CH2]N(C(=O)COc1ccccc1)c1cnn(CC(C)C)c1C. The molecule has 0 spiro atoms. The first-order valence-electron chi connectivity index (χ1n) is 7.32. The zero-order valence-corrected chi connectivity index (χ0v) is 13.3. The van der Waals surface area contributed by atoms with E-state index in [1.54, 1.807) is 6.20 Å². The van der Waals surface area contributed by atoms with Gasteiger partial charge in [-0.15, -0.1) is 0 Å². The average Bonchev–Trinajstić information content (AvgIpc) is 2.85. The molecule has 0 aliphatic heterocycles. The van der Waals surface area contributed by atoms with Crippen LogP contribution in [0.15, 0.2) is 36.5 Å². The van der Waals surface area contributed by atoms with Gasteiger partial charge in [0.2, 0.25) is 0 Å². The third kappa shape index (κ3) is 3.87. The molecule has 1 heterocycles. The highest BCUT2D eigenvalue weighted by Gasteiger charge is 2.17. The summed E-state index contributed by atoms with van der Waals surface area (Å²) >= 11 is 0. The van der Waals surface area contributed by atoms with Crippen molar-refractivity contribution in [3.8, 4) is 5.75 Å². The van der Waals surface area contributed by atoms with E-state index in [1.807, 2.05) is 41.9 Å².